The van der Waals surface area contributed by atoms with Crippen LogP contribution in [0.3, 0.4) is 0 Å². The molecule has 4 heteroatoms. The number of nitrogens with two attached hydrogens (primary N) is 2. The summed E-state index contributed by atoms with van der Waals surface area (Å²) >= 11 is 0. The summed E-state index contributed by atoms with van der Waals surface area (Å²) in [6.07, 6.45) is 1.29. The predicted molar refractivity (Wildman–Crippen MR) is 41.4 cm³/mol. The predicted octanol–water partition coefficient (Wildman–Crippen LogP) is -0.237. The molecule has 1 atom stereocenters. The van der Waals surface area contributed by atoms with Crippen LogP contribution in [0.25, 0.3) is 0 Å². The smallest absolute Gasteiger partial charge is 0.217 e. The standard InChI is InChI=1S/C7H14N2O2/c1-5(4-7(9)11)2-3-6(8)10/h5H,2-4H2,1H3,(H2,8,10)(H2,9,11)/t5-/m0/s1. The molecule has 0 aromatic heterocycles. The fraction of sp³-hybridized carbons (Fsp3) is 0.714. The number of hydrogen-bond acceptors (Lipinski definition) is 2. The Morgan fingerprint density at radius 3 is 2.18 bits per heavy atom. The van der Waals surface area contributed by atoms with Crippen molar-refractivity contribution in [3.63, 3.8) is 0 Å². The molecule has 0 fully saturated rings. The highest BCUT2D eigenvalue weighted by atomic mass is 16.1. The van der Waals surface area contributed by atoms with E-state index in [4.69, 9.17) is 11.5 Å². The first-order valence-corrected chi connectivity index (χ1v) is 3.59. The monoisotopic (exact) mass is 158 g/mol. The van der Waals surface area contributed by atoms with Gasteiger partial charge in [0.1, 0.15) is 0 Å². The van der Waals surface area contributed by atoms with Crippen LogP contribution in [-0.4, -0.2) is 11.8 Å². The van der Waals surface area contributed by atoms with Crippen molar-refractivity contribution >= 4 is 11.8 Å². The quantitative estimate of drug-likeness (QED) is 0.578. The number of carbonyl (C=O) groups excluding carboxylic acids is 2. The maximum absolute atomic E-state index is 10.4. The lowest BCUT2D eigenvalue weighted by Gasteiger charge is -2.05. The van der Waals surface area contributed by atoms with Gasteiger partial charge in [0.15, 0.2) is 0 Å². The zero-order valence-corrected chi connectivity index (χ0v) is 6.67. The van der Waals surface area contributed by atoms with Gasteiger partial charge in [-0.25, -0.2) is 0 Å². The van der Waals surface area contributed by atoms with Gasteiger partial charge in [-0.1, -0.05) is 6.92 Å². The van der Waals surface area contributed by atoms with E-state index in [2.05, 4.69) is 0 Å². The van der Waals surface area contributed by atoms with E-state index < -0.39 is 0 Å². The minimum atomic E-state index is -0.332. The van der Waals surface area contributed by atoms with E-state index in [1.165, 1.54) is 0 Å². The second-order valence-corrected chi connectivity index (χ2v) is 2.78. The molecule has 0 aliphatic carbocycles. The third-order valence-electron chi connectivity index (χ3n) is 1.43. The number of hydrogen-bond donors (Lipinski definition) is 2. The first kappa shape index (κ1) is 9.94. The zero-order valence-electron chi connectivity index (χ0n) is 6.67. The van der Waals surface area contributed by atoms with Gasteiger partial charge in [-0.2, -0.15) is 0 Å². The van der Waals surface area contributed by atoms with Crippen molar-refractivity contribution in [1.82, 2.24) is 0 Å². The maximum Gasteiger partial charge on any atom is 0.217 e. The van der Waals surface area contributed by atoms with Crippen LogP contribution in [0.5, 0.6) is 0 Å². The average molecular weight is 158 g/mol. The van der Waals surface area contributed by atoms with Crippen LogP contribution >= 0.6 is 0 Å². The lowest BCUT2D eigenvalue weighted by Crippen LogP contribution is -2.17. The Morgan fingerprint density at radius 2 is 1.82 bits per heavy atom. The largest absolute Gasteiger partial charge is 0.370 e. The molecule has 2 amide bonds. The van der Waals surface area contributed by atoms with E-state index in [0.717, 1.165) is 0 Å². The Bertz CT molecular complexity index is 157. The second-order valence-electron chi connectivity index (χ2n) is 2.78. The first-order valence-electron chi connectivity index (χ1n) is 3.59. The summed E-state index contributed by atoms with van der Waals surface area (Å²) in [5, 5.41) is 0. The fourth-order valence-electron chi connectivity index (χ4n) is 0.834. The van der Waals surface area contributed by atoms with Crippen molar-refractivity contribution in [3.8, 4) is 0 Å². The average Bonchev–Trinajstić information content (AvgIpc) is 1.82. The summed E-state index contributed by atoms with van der Waals surface area (Å²) in [6, 6.07) is 0. The lowest BCUT2D eigenvalue weighted by molar-refractivity contribution is -0.120. The van der Waals surface area contributed by atoms with Crippen LogP contribution in [0.15, 0.2) is 0 Å². The van der Waals surface area contributed by atoms with Crippen LogP contribution < -0.4 is 11.5 Å². The Balaban J connectivity index is 3.44. The summed E-state index contributed by atoms with van der Waals surface area (Å²) in [7, 11) is 0. The third kappa shape index (κ3) is 6.83. The van der Waals surface area contributed by atoms with E-state index in [9.17, 15) is 9.59 Å². The molecule has 0 saturated heterocycles. The minimum absolute atomic E-state index is 0.153. The molecule has 0 radical (unpaired) electrons. The van der Waals surface area contributed by atoms with E-state index in [1.807, 2.05) is 6.92 Å². The van der Waals surface area contributed by atoms with Gasteiger partial charge in [0.25, 0.3) is 0 Å². The van der Waals surface area contributed by atoms with Gasteiger partial charge in [0, 0.05) is 12.8 Å². The lowest BCUT2D eigenvalue weighted by atomic mass is 10.0. The van der Waals surface area contributed by atoms with E-state index in [0.29, 0.717) is 19.3 Å². The molecule has 0 spiro atoms. The fourth-order valence-corrected chi connectivity index (χ4v) is 0.834. The second kappa shape index (κ2) is 4.71. The van der Waals surface area contributed by atoms with Gasteiger partial charge in [-0.3, -0.25) is 9.59 Å². The molecule has 0 heterocycles. The summed E-state index contributed by atoms with van der Waals surface area (Å²) in [4.78, 5) is 20.7. The topological polar surface area (TPSA) is 86.2 Å². The third-order valence-corrected chi connectivity index (χ3v) is 1.43. The number of primary amides is 2. The van der Waals surface area contributed by atoms with Crippen molar-refractivity contribution in [2.75, 3.05) is 0 Å². The summed E-state index contributed by atoms with van der Waals surface area (Å²) in [5.74, 6) is -0.511. The van der Waals surface area contributed by atoms with Crippen LogP contribution in [0.4, 0.5) is 0 Å². The van der Waals surface area contributed by atoms with Crippen LogP contribution in [0.1, 0.15) is 26.2 Å². The maximum atomic E-state index is 10.4. The summed E-state index contributed by atoms with van der Waals surface area (Å²) < 4.78 is 0. The van der Waals surface area contributed by atoms with E-state index in [-0.39, 0.29) is 17.7 Å². The van der Waals surface area contributed by atoms with Gasteiger partial charge in [-0.05, 0) is 12.3 Å². The summed E-state index contributed by atoms with van der Waals surface area (Å²) in [5.41, 5.74) is 9.86. The van der Waals surface area contributed by atoms with Crippen LogP contribution in [-0.2, 0) is 9.59 Å². The van der Waals surface area contributed by atoms with Crippen molar-refractivity contribution in [2.45, 2.75) is 26.2 Å². The van der Waals surface area contributed by atoms with Gasteiger partial charge in [0.05, 0.1) is 0 Å². The van der Waals surface area contributed by atoms with Crippen LogP contribution in [0, 0.1) is 5.92 Å². The highest BCUT2D eigenvalue weighted by Gasteiger charge is 2.06. The molecule has 4 nitrogen and oxygen atoms in total. The van der Waals surface area contributed by atoms with Crippen molar-refractivity contribution in [1.29, 1.82) is 0 Å². The van der Waals surface area contributed by atoms with E-state index >= 15 is 0 Å². The minimum Gasteiger partial charge on any atom is -0.370 e. The van der Waals surface area contributed by atoms with Crippen LogP contribution in [0.2, 0.25) is 0 Å². The normalized spacial score (nSPS) is 12.5. The van der Waals surface area contributed by atoms with Gasteiger partial charge in [0.2, 0.25) is 11.8 Å². The highest BCUT2D eigenvalue weighted by molar-refractivity contribution is 5.75. The van der Waals surface area contributed by atoms with Crippen molar-refractivity contribution in [3.05, 3.63) is 0 Å². The molecule has 0 rings (SSSR count). The number of rotatable bonds is 5. The molecule has 64 valence electrons. The molecule has 0 aromatic rings. The highest BCUT2D eigenvalue weighted by Crippen LogP contribution is 2.08. The molecule has 11 heavy (non-hydrogen) atoms. The first-order chi connectivity index (χ1) is 5.02. The zero-order chi connectivity index (χ0) is 8.85. The van der Waals surface area contributed by atoms with E-state index in [1.54, 1.807) is 0 Å². The Morgan fingerprint density at radius 1 is 1.27 bits per heavy atom. The molecule has 0 aliphatic rings. The van der Waals surface area contributed by atoms with Crippen molar-refractivity contribution in [2.24, 2.45) is 17.4 Å². The van der Waals surface area contributed by atoms with Gasteiger partial charge >= 0.3 is 0 Å². The number of amides is 2. The Labute approximate surface area is 65.9 Å². The molecule has 0 saturated carbocycles. The Hall–Kier alpha value is -1.06. The van der Waals surface area contributed by atoms with Gasteiger partial charge < -0.3 is 11.5 Å². The molecule has 0 aromatic carbocycles. The van der Waals surface area contributed by atoms with Gasteiger partial charge in [-0.15, -0.1) is 0 Å². The molecular formula is C7H14N2O2. The number of carbonyl (C=O) groups is 2. The molecule has 4 N–H and O–H groups in total. The molecule has 0 bridgehead atoms. The Kier molecular flexibility index (Phi) is 4.26. The molecule has 0 aliphatic heterocycles. The molecular weight excluding hydrogens is 144 g/mol. The summed E-state index contributed by atoms with van der Waals surface area (Å²) in [6.45, 7) is 1.87. The van der Waals surface area contributed by atoms with Crippen molar-refractivity contribution < 1.29 is 9.59 Å². The molecule has 0 unspecified atom stereocenters. The SMILES string of the molecule is C[C@@H](CCC(N)=O)CC(N)=O.